The fourth-order valence-corrected chi connectivity index (χ4v) is 1.32. The van der Waals surface area contributed by atoms with Crippen molar-refractivity contribution in [3.63, 3.8) is 0 Å². The van der Waals surface area contributed by atoms with Crippen molar-refractivity contribution in [2.24, 2.45) is 10.7 Å². The fourth-order valence-electron chi connectivity index (χ4n) is 0.938. The smallest absolute Gasteiger partial charge is 0.202 e. The molecule has 15 heavy (non-hydrogen) atoms. The molecular weight excluding hydrogens is 235 g/mol. The van der Waals surface area contributed by atoms with Crippen molar-refractivity contribution in [1.29, 1.82) is 5.26 Å². The van der Waals surface area contributed by atoms with Gasteiger partial charge in [0.05, 0.1) is 16.6 Å². The van der Waals surface area contributed by atoms with E-state index in [-0.39, 0.29) is 12.5 Å². The molecule has 0 saturated carbocycles. The van der Waals surface area contributed by atoms with E-state index in [2.05, 4.69) is 10.3 Å². The summed E-state index contributed by atoms with van der Waals surface area (Å²) in [5.74, 6) is 0.0496. The summed E-state index contributed by atoms with van der Waals surface area (Å²) in [6.45, 7) is 0.278. The van der Waals surface area contributed by atoms with Gasteiger partial charge in [0.2, 0.25) is 5.96 Å². The molecule has 6 heteroatoms. The lowest BCUT2D eigenvalue weighted by molar-refractivity contribution is 1.03. The number of halogens is 2. The number of nitriles is 1. The summed E-state index contributed by atoms with van der Waals surface area (Å²) in [5.41, 5.74) is 6.12. The van der Waals surface area contributed by atoms with Gasteiger partial charge in [0, 0.05) is 0 Å². The highest BCUT2D eigenvalue weighted by molar-refractivity contribution is 6.42. The maximum absolute atomic E-state index is 8.26. The molecule has 0 aliphatic carbocycles. The summed E-state index contributed by atoms with van der Waals surface area (Å²) < 4.78 is 0. The second-order valence-electron chi connectivity index (χ2n) is 2.65. The highest BCUT2D eigenvalue weighted by Crippen LogP contribution is 2.25. The zero-order valence-electron chi connectivity index (χ0n) is 7.67. The van der Waals surface area contributed by atoms with Crippen molar-refractivity contribution in [1.82, 2.24) is 5.32 Å². The van der Waals surface area contributed by atoms with Gasteiger partial charge in [0.15, 0.2) is 6.19 Å². The Balaban J connectivity index is 2.78. The van der Waals surface area contributed by atoms with Gasteiger partial charge < -0.3 is 5.73 Å². The molecule has 0 bridgehead atoms. The third kappa shape index (κ3) is 3.31. The Morgan fingerprint density at radius 1 is 1.53 bits per heavy atom. The fraction of sp³-hybridized carbons (Fsp3) is 0.111. The minimum Gasteiger partial charge on any atom is -0.369 e. The van der Waals surface area contributed by atoms with Gasteiger partial charge in [-0.2, -0.15) is 5.26 Å². The monoisotopic (exact) mass is 242 g/mol. The van der Waals surface area contributed by atoms with Gasteiger partial charge in [-0.15, -0.1) is 0 Å². The minimum absolute atomic E-state index is 0.0496. The Bertz CT molecular complexity index is 423. The van der Waals surface area contributed by atoms with Gasteiger partial charge in [0.1, 0.15) is 0 Å². The SMILES string of the molecule is N#CNC(N)=NCc1cccc(Cl)c1Cl. The van der Waals surface area contributed by atoms with Crippen molar-refractivity contribution in [2.75, 3.05) is 0 Å². The molecule has 4 nitrogen and oxygen atoms in total. The molecule has 0 unspecified atom stereocenters. The molecule has 0 spiro atoms. The summed E-state index contributed by atoms with van der Waals surface area (Å²) in [6.07, 6.45) is 1.66. The molecular formula is C9H8Cl2N4. The molecule has 0 fully saturated rings. The van der Waals surface area contributed by atoms with Crippen LogP contribution in [0.3, 0.4) is 0 Å². The van der Waals surface area contributed by atoms with Crippen LogP contribution in [0.15, 0.2) is 23.2 Å². The number of nitrogens with two attached hydrogens (primary N) is 1. The molecule has 0 heterocycles. The Labute approximate surface area is 97.3 Å². The van der Waals surface area contributed by atoms with Crippen LogP contribution in [0, 0.1) is 11.5 Å². The highest BCUT2D eigenvalue weighted by Gasteiger charge is 2.03. The summed E-state index contributed by atoms with van der Waals surface area (Å²) in [7, 11) is 0. The molecule has 1 aromatic rings. The molecule has 1 rings (SSSR count). The normalized spacial score (nSPS) is 10.9. The van der Waals surface area contributed by atoms with E-state index < -0.39 is 0 Å². The van der Waals surface area contributed by atoms with E-state index in [9.17, 15) is 0 Å². The van der Waals surface area contributed by atoms with Gasteiger partial charge >= 0.3 is 0 Å². The van der Waals surface area contributed by atoms with Crippen LogP contribution in [0.2, 0.25) is 10.0 Å². The van der Waals surface area contributed by atoms with E-state index in [1.165, 1.54) is 0 Å². The van der Waals surface area contributed by atoms with Crippen LogP contribution in [-0.2, 0) is 6.54 Å². The van der Waals surface area contributed by atoms with E-state index in [1.54, 1.807) is 24.4 Å². The van der Waals surface area contributed by atoms with Crippen molar-refractivity contribution >= 4 is 29.2 Å². The van der Waals surface area contributed by atoms with Gasteiger partial charge in [-0.1, -0.05) is 35.3 Å². The van der Waals surface area contributed by atoms with Crippen molar-refractivity contribution in [3.8, 4) is 6.19 Å². The number of nitrogens with zero attached hydrogens (tertiary/aromatic N) is 2. The number of hydrogen-bond donors (Lipinski definition) is 2. The molecule has 1 aromatic carbocycles. The van der Waals surface area contributed by atoms with E-state index in [1.807, 2.05) is 0 Å². The third-order valence-electron chi connectivity index (χ3n) is 1.64. The predicted octanol–water partition coefficient (Wildman–Crippen LogP) is 1.88. The molecule has 0 aliphatic rings. The van der Waals surface area contributed by atoms with Crippen LogP contribution in [0.25, 0.3) is 0 Å². The Morgan fingerprint density at radius 2 is 2.27 bits per heavy atom. The van der Waals surface area contributed by atoms with Crippen LogP contribution in [0.5, 0.6) is 0 Å². The average molecular weight is 243 g/mol. The molecule has 0 amide bonds. The van der Waals surface area contributed by atoms with Crippen LogP contribution in [-0.4, -0.2) is 5.96 Å². The Kier molecular flexibility index (Phi) is 4.22. The third-order valence-corrected chi connectivity index (χ3v) is 2.49. The van der Waals surface area contributed by atoms with Gasteiger partial charge in [-0.3, -0.25) is 5.32 Å². The predicted molar refractivity (Wildman–Crippen MR) is 60.5 cm³/mol. The second kappa shape index (κ2) is 5.44. The molecule has 0 aromatic heterocycles. The first kappa shape index (κ1) is 11.6. The second-order valence-corrected chi connectivity index (χ2v) is 3.44. The first-order chi connectivity index (χ1) is 7.15. The van der Waals surface area contributed by atoms with Gasteiger partial charge in [-0.25, -0.2) is 4.99 Å². The van der Waals surface area contributed by atoms with E-state index in [4.69, 9.17) is 34.2 Å². The first-order valence-electron chi connectivity index (χ1n) is 4.03. The lowest BCUT2D eigenvalue weighted by Crippen LogP contribution is -2.27. The number of aliphatic imine (C=N–C) groups is 1. The van der Waals surface area contributed by atoms with Gasteiger partial charge in [-0.05, 0) is 11.6 Å². The quantitative estimate of drug-likeness (QED) is 0.360. The molecule has 0 saturated heterocycles. The van der Waals surface area contributed by atoms with Crippen molar-refractivity contribution in [2.45, 2.75) is 6.54 Å². The maximum atomic E-state index is 8.26. The van der Waals surface area contributed by atoms with Crippen molar-refractivity contribution in [3.05, 3.63) is 33.8 Å². The lowest BCUT2D eigenvalue weighted by Gasteiger charge is -2.02. The van der Waals surface area contributed by atoms with Crippen LogP contribution in [0.4, 0.5) is 0 Å². The first-order valence-corrected chi connectivity index (χ1v) is 4.78. The number of guanidine groups is 1. The number of rotatable bonds is 2. The van der Waals surface area contributed by atoms with Crippen LogP contribution >= 0.6 is 23.2 Å². The standard InChI is InChI=1S/C9H8Cl2N4/c10-7-3-1-2-6(8(7)11)4-14-9(13)15-5-12/h1-3H,4H2,(H3,13,14,15). The van der Waals surface area contributed by atoms with Gasteiger partial charge in [0.25, 0.3) is 0 Å². The highest BCUT2D eigenvalue weighted by atomic mass is 35.5. The Morgan fingerprint density at radius 3 is 2.93 bits per heavy atom. The van der Waals surface area contributed by atoms with E-state index in [0.29, 0.717) is 10.0 Å². The molecule has 78 valence electrons. The summed E-state index contributed by atoms with van der Waals surface area (Å²) in [5, 5.41) is 11.4. The number of benzene rings is 1. The largest absolute Gasteiger partial charge is 0.369 e. The summed E-state index contributed by atoms with van der Waals surface area (Å²) >= 11 is 11.7. The molecule has 0 atom stereocenters. The zero-order chi connectivity index (χ0) is 11.3. The minimum atomic E-state index is 0.0496. The van der Waals surface area contributed by atoms with Crippen molar-refractivity contribution < 1.29 is 0 Å². The average Bonchev–Trinajstić information content (AvgIpc) is 2.21. The van der Waals surface area contributed by atoms with E-state index in [0.717, 1.165) is 5.56 Å². The maximum Gasteiger partial charge on any atom is 0.202 e. The topological polar surface area (TPSA) is 74.2 Å². The molecule has 3 N–H and O–H groups in total. The zero-order valence-corrected chi connectivity index (χ0v) is 9.18. The van der Waals surface area contributed by atoms with Crippen LogP contribution in [0.1, 0.15) is 5.56 Å². The summed E-state index contributed by atoms with van der Waals surface area (Å²) in [6, 6.07) is 5.25. The summed E-state index contributed by atoms with van der Waals surface area (Å²) in [4.78, 5) is 3.90. The van der Waals surface area contributed by atoms with Crippen LogP contribution < -0.4 is 11.1 Å². The van der Waals surface area contributed by atoms with E-state index >= 15 is 0 Å². The number of nitrogens with one attached hydrogen (secondary N) is 1. The number of hydrogen-bond acceptors (Lipinski definition) is 2. The molecule has 0 radical (unpaired) electrons. The Hall–Kier alpha value is -1.44. The lowest BCUT2D eigenvalue weighted by atomic mass is 10.2. The molecule has 0 aliphatic heterocycles.